The topological polar surface area (TPSA) is 64.0 Å². The number of hydrogen-bond acceptors (Lipinski definition) is 4. The monoisotopic (exact) mass is 341 g/mol. The van der Waals surface area contributed by atoms with Crippen molar-refractivity contribution in [2.45, 2.75) is 38.8 Å². The Bertz CT molecular complexity index is 570. The van der Waals surface area contributed by atoms with Crippen molar-refractivity contribution in [1.29, 1.82) is 0 Å². The normalized spacial score (nSPS) is 21.1. The minimum atomic E-state index is -2.85. The van der Waals surface area contributed by atoms with Crippen LogP contribution in [0.5, 0.6) is 0 Å². The van der Waals surface area contributed by atoms with E-state index < -0.39 is 9.84 Å². The van der Waals surface area contributed by atoms with Crippen LogP contribution >= 0.6 is 24.0 Å². The number of sulfone groups is 1. The highest BCUT2D eigenvalue weighted by Gasteiger charge is 2.28. The zero-order valence-electron chi connectivity index (χ0n) is 11.9. The second kappa shape index (κ2) is 6.64. The zero-order valence-corrected chi connectivity index (χ0v) is 14.3. The second-order valence-corrected chi connectivity index (χ2v) is 8.00. The number of hydrogen-bond donors (Lipinski definition) is 1. The van der Waals surface area contributed by atoms with Crippen LogP contribution < -0.4 is 5.32 Å². The Morgan fingerprint density at radius 2 is 2.15 bits per heavy atom. The zero-order chi connectivity index (χ0) is 14.2. The summed E-state index contributed by atoms with van der Waals surface area (Å²) in [6.07, 6.45) is 0.678. The maximum absolute atomic E-state index is 11.4. The van der Waals surface area contributed by atoms with E-state index in [2.05, 4.69) is 24.3 Å². The minimum absolute atomic E-state index is 0. The van der Waals surface area contributed by atoms with E-state index in [9.17, 15) is 8.42 Å². The quantitative estimate of drug-likeness (QED) is 0.908. The van der Waals surface area contributed by atoms with E-state index >= 15 is 0 Å². The van der Waals surface area contributed by atoms with Crippen molar-refractivity contribution in [3.8, 4) is 0 Å². The summed E-state index contributed by atoms with van der Waals surface area (Å²) in [6, 6.07) is 0.0290. The molecule has 0 radical (unpaired) electrons. The van der Waals surface area contributed by atoms with Gasteiger partial charge in [0.25, 0.3) is 0 Å². The fourth-order valence-electron chi connectivity index (χ4n) is 2.40. The van der Waals surface area contributed by atoms with Crippen LogP contribution in [-0.4, -0.2) is 35.7 Å². The fourth-order valence-corrected chi connectivity index (χ4v) is 4.31. The molecule has 8 heteroatoms. The highest BCUT2D eigenvalue weighted by molar-refractivity contribution is 7.91. The van der Waals surface area contributed by atoms with Gasteiger partial charge in [-0.1, -0.05) is 25.4 Å². The second-order valence-electron chi connectivity index (χ2n) is 5.41. The van der Waals surface area contributed by atoms with Gasteiger partial charge in [0.15, 0.2) is 9.84 Å². The lowest BCUT2D eigenvalue weighted by Gasteiger charge is -2.12. The first kappa shape index (κ1) is 17.8. The van der Waals surface area contributed by atoms with Crippen LogP contribution in [0.1, 0.15) is 37.4 Å². The summed E-state index contributed by atoms with van der Waals surface area (Å²) in [5.74, 6) is 0.799. The van der Waals surface area contributed by atoms with E-state index in [4.69, 9.17) is 11.6 Å². The number of aryl methyl sites for hydroxylation is 1. The van der Waals surface area contributed by atoms with E-state index in [0.29, 0.717) is 24.0 Å². The Labute approximate surface area is 131 Å². The Morgan fingerprint density at radius 1 is 1.50 bits per heavy atom. The highest BCUT2D eigenvalue weighted by Crippen LogP contribution is 2.25. The van der Waals surface area contributed by atoms with Gasteiger partial charge in [-0.3, -0.25) is 4.68 Å². The summed E-state index contributed by atoms with van der Waals surface area (Å²) in [5, 5.41) is 8.32. The van der Waals surface area contributed by atoms with Gasteiger partial charge in [0, 0.05) is 25.2 Å². The lowest BCUT2D eigenvalue weighted by atomic mass is 10.1. The Morgan fingerprint density at radius 3 is 2.65 bits per heavy atom. The summed E-state index contributed by atoms with van der Waals surface area (Å²) in [4.78, 5) is 0. The molecule has 1 aliphatic rings. The summed E-state index contributed by atoms with van der Waals surface area (Å²) in [5.41, 5.74) is 1.95. The molecule has 1 unspecified atom stereocenters. The molecule has 5 nitrogen and oxygen atoms in total. The third kappa shape index (κ3) is 3.87. The molecule has 2 rings (SSSR count). The van der Waals surface area contributed by atoms with Crippen LogP contribution in [0.4, 0.5) is 0 Å². The van der Waals surface area contributed by atoms with E-state index in [-0.39, 0.29) is 30.0 Å². The van der Waals surface area contributed by atoms with Crippen molar-refractivity contribution < 1.29 is 8.42 Å². The molecule has 1 aromatic rings. The van der Waals surface area contributed by atoms with Crippen LogP contribution in [0.2, 0.25) is 5.15 Å². The SMILES string of the molecule is CC(C)c1nn(C)c(Cl)c1CNC1CCS(=O)(=O)C1.Cl. The molecule has 1 N–H and O–H groups in total. The highest BCUT2D eigenvalue weighted by atomic mass is 35.5. The first-order valence-corrected chi connectivity index (χ1v) is 8.65. The van der Waals surface area contributed by atoms with Gasteiger partial charge in [-0.15, -0.1) is 12.4 Å². The van der Waals surface area contributed by atoms with Gasteiger partial charge in [-0.05, 0) is 12.3 Å². The van der Waals surface area contributed by atoms with E-state index in [1.165, 1.54) is 0 Å². The van der Waals surface area contributed by atoms with Gasteiger partial charge in [0.05, 0.1) is 17.2 Å². The van der Waals surface area contributed by atoms with Crippen molar-refractivity contribution in [3.05, 3.63) is 16.4 Å². The van der Waals surface area contributed by atoms with Crippen LogP contribution in [0.25, 0.3) is 0 Å². The molecule has 1 fully saturated rings. The molecule has 0 aromatic carbocycles. The Hall–Kier alpha value is -0.300. The molecule has 1 saturated heterocycles. The van der Waals surface area contributed by atoms with Crippen LogP contribution in [0, 0.1) is 0 Å². The third-order valence-corrected chi connectivity index (χ3v) is 5.69. The number of halogens is 2. The van der Waals surface area contributed by atoms with Crippen LogP contribution in [-0.2, 0) is 23.4 Å². The minimum Gasteiger partial charge on any atom is -0.309 e. The van der Waals surface area contributed by atoms with Gasteiger partial charge in [-0.25, -0.2) is 8.42 Å². The molecule has 20 heavy (non-hydrogen) atoms. The third-order valence-electron chi connectivity index (χ3n) is 3.45. The van der Waals surface area contributed by atoms with Gasteiger partial charge in [-0.2, -0.15) is 5.10 Å². The number of rotatable bonds is 4. The molecule has 0 bridgehead atoms. The Balaban J connectivity index is 0.00000200. The van der Waals surface area contributed by atoms with Gasteiger partial charge < -0.3 is 5.32 Å². The van der Waals surface area contributed by atoms with E-state index in [1.807, 2.05) is 7.05 Å². The van der Waals surface area contributed by atoms with Gasteiger partial charge in [0.1, 0.15) is 5.15 Å². The van der Waals surface area contributed by atoms with Crippen molar-refractivity contribution in [3.63, 3.8) is 0 Å². The summed E-state index contributed by atoms with van der Waals surface area (Å²) < 4.78 is 24.5. The molecule has 0 aliphatic carbocycles. The first-order chi connectivity index (χ1) is 8.80. The summed E-state index contributed by atoms with van der Waals surface area (Å²) in [6.45, 7) is 4.71. The number of nitrogens with one attached hydrogen (secondary N) is 1. The van der Waals surface area contributed by atoms with E-state index in [0.717, 1.165) is 11.3 Å². The lowest BCUT2D eigenvalue weighted by Crippen LogP contribution is -2.29. The number of aromatic nitrogens is 2. The summed E-state index contributed by atoms with van der Waals surface area (Å²) in [7, 11) is -1.03. The van der Waals surface area contributed by atoms with E-state index in [1.54, 1.807) is 4.68 Å². The van der Waals surface area contributed by atoms with Crippen LogP contribution in [0.3, 0.4) is 0 Å². The van der Waals surface area contributed by atoms with Crippen molar-refractivity contribution in [2.75, 3.05) is 11.5 Å². The van der Waals surface area contributed by atoms with Crippen molar-refractivity contribution in [2.24, 2.45) is 7.05 Å². The molecular formula is C12H21Cl2N3O2S. The first-order valence-electron chi connectivity index (χ1n) is 6.45. The average molecular weight is 342 g/mol. The van der Waals surface area contributed by atoms with Gasteiger partial charge in [0.2, 0.25) is 0 Å². The molecule has 1 atom stereocenters. The molecular weight excluding hydrogens is 321 g/mol. The Kier molecular flexibility index (Phi) is 5.89. The maximum Gasteiger partial charge on any atom is 0.151 e. The van der Waals surface area contributed by atoms with Crippen molar-refractivity contribution >= 4 is 33.8 Å². The molecule has 116 valence electrons. The smallest absolute Gasteiger partial charge is 0.151 e. The largest absolute Gasteiger partial charge is 0.309 e. The fraction of sp³-hybridized carbons (Fsp3) is 0.750. The maximum atomic E-state index is 11.4. The molecule has 1 aliphatic heterocycles. The standard InChI is InChI=1S/C12H20ClN3O2S.ClH/c1-8(2)11-10(12(13)16(3)15-11)6-14-9-4-5-19(17,18)7-9;/h8-9,14H,4-7H2,1-3H3;1H. The predicted molar refractivity (Wildman–Crippen MR) is 83.5 cm³/mol. The lowest BCUT2D eigenvalue weighted by molar-refractivity contribution is 0.551. The molecule has 2 heterocycles. The molecule has 0 amide bonds. The molecule has 1 aromatic heterocycles. The van der Waals surface area contributed by atoms with Crippen LogP contribution in [0.15, 0.2) is 0 Å². The molecule has 0 saturated carbocycles. The summed E-state index contributed by atoms with van der Waals surface area (Å²) >= 11 is 6.24. The number of nitrogens with zero attached hydrogens (tertiary/aromatic N) is 2. The molecule has 0 spiro atoms. The average Bonchev–Trinajstić information content (AvgIpc) is 2.79. The van der Waals surface area contributed by atoms with Crippen molar-refractivity contribution in [1.82, 2.24) is 15.1 Å². The predicted octanol–water partition coefficient (Wildman–Crippen LogP) is 1.90. The van der Waals surface area contributed by atoms with Gasteiger partial charge >= 0.3 is 0 Å².